The predicted octanol–water partition coefficient (Wildman–Crippen LogP) is 3.71. The lowest BCUT2D eigenvalue weighted by Crippen LogP contribution is -2.51. The predicted molar refractivity (Wildman–Crippen MR) is 88.7 cm³/mol. The SMILES string of the molecule is O=C(OC(C(F)(F)F)C(F)(F)F)N1CCC(NS(=O)(=O)c2ccc(Cl)cc2)CC1. The summed E-state index contributed by atoms with van der Waals surface area (Å²) in [5.74, 6) is 0. The molecule has 1 fully saturated rings. The number of sulfonamides is 1. The molecule has 2 rings (SSSR count). The van der Waals surface area contributed by atoms with Gasteiger partial charge in [-0.2, -0.15) is 26.3 Å². The highest BCUT2D eigenvalue weighted by molar-refractivity contribution is 7.89. The first-order valence-electron chi connectivity index (χ1n) is 8.07. The minimum atomic E-state index is -5.81. The Kier molecular flexibility index (Phi) is 6.95. The van der Waals surface area contributed by atoms with E-state index in [4.69, 9.17) is 11.6 Å². The van der Waals surface area contributed by atoms with E-state index in [2.05, 4.69) is 9.46 Å². The normalized spacial score (nSPS) is 16.9. The summed E-state index contributed by atoms with van der Waals surface area (Å²) in [6.45, 7) is -0.565. The van der Waals surface area contributed by atoms with Crippen LogP contribution in [0, 0.1) is 0 Å². The largest absolute Gasteiger partial charge is 0.434 e. The van der Waals surface area contributed by atoms with Gasteiger partial charge in [0.25, 0.3) is 6.10 Å². The third-order valence-electron chi connectivity index (χ3n) is 4.01. The van der Waals surface area contributed by atoms with Crippen LogP contribution in [0.2, 0.25) is 5.02 Å². The number of alkyl halides is 6. The molecule has 0 spiro atoms. The Morgan fingerprint density at radius 2 is 1.55 bits per heavy atom. The molecule has 29 heavy (non-hydrogen) atoms. The monoisotopic (exact) mass is 468 g/mol. The first-order chi connectivity index (χ1) is 13.2. The van der Waals surface area contributed by atoms with Crippen molar-refractivity contribution in [3.8, 4) is 0 Å². The standard InChI is InChI=1S/C15H15ClF6N2O4S/c16-9-1-3-11(4-2-9)29(26,27)23-10-5-7-24(8-6-10)13(25)28-12(14(17,18)19)15(20,21)22/h1-4,10,12,23H,5-8H2. The molecule has 0 saturated carbocycles. The van der Waals surface area contributed by atoms with Crippen molar-refractivity contribution in [2.45, 2.75) is 42.2 Å². The average Bonchev–Trinajstić information content (AvgIpc) is 2.58. The van der Waals surface area contributed by atoms with Gasteiger partial charge in [0.15, 0.2) is 0 Å². The third-order valence-corrected chi connectivity index (χ3v) is 5.80. The van der Waals surface area contributed by atoms with E-state index < -0.39 is 40.6 Å². The minimum absolute atomic E-state index is 0.0232. The molecule has 0 radical (unpaired) electrons. The van der Waals surface area contributed by atoms with Crippen LogP contribution in [0.3, 0.4) is 0 Å². The van der Waals surface area contributed by atoms with Crippen molar-refractivity contribution in [2.24, 2.45) is 0 Å². The molecule has 6 nitrogen and oxygen atoms in total. The van der Waals surface area contributed by atoms with Gasteiger partial charge in [-0.15, -0.1) is 0 Å². The van der Waals surface area contributed by atoms with Crippen LogP contribution in [0.5, 0.6) is 0 Å². The molecule has 164 valence electrons. The van der Waals surface area contributed by atoms with Crippen LogP contribution in [-0.4, -0.2) is 57.0 Å². The van der Waals surface area contributed by atoms with Crippen LogP contribution >= 0.6 is 11.6 Å². The Balaban J connectivity index is 1.94. The van der Waals surface area contributed by atoms with Gasteiger partial charge in [-0.1, -0.05) is 11.6 Å². The van der Waals surface area contributed by atoms with Gasteiger partial charge >= 0.3 is 18.4 Å². The van der Waals surface area contributed by atoms with Crippen molar-refractivity contribution in [1.29, 1.82) is 0 Å². The highest BCUT2D eigenvalue weighted by Crippen LogP contribution is 2.36. The first-order valence-corrected chi connectivity index (χ1v) is 9.93. The number of ether oxygens (including phenoxy) is 1. The quantitative estimate of drug-likeness (QED) is 0.684. The maximum atomic E-state index is 12.5. The fourth-order valence-corrected chi connectivity index (χ4v) is 4.01. The second kappa shape index (κ2) is 8.56. The number of nitrogens with zero attached hydrogens (tertiary/aromatic N) is 1. The number of halogens is 7. The Labute approximate surface area is 166 Å². The second-order valence-corrected chi connectivity index (χ2v) is 8.33. The Morgan fingerprint density at radius 3 is 2.00 bits per heavy atom. The smallest absolute Gasteiger partial charge is 0.426 e. The Hall–Kier alpha value is -1.73. The molecule has 1 aliphatic heterocycles. The first kappa shape index (κ1) is 23.5. The molecule has 0 unspecified atom stereocenters. The number of likely N-dealkylation sites (tertiary alicyclic amines) is 1. The molecule has 0 aromatic heterocycles. The summed E-state index contributed by atoms with van der Waals surface area (Å²) in [6.07, 6.45) is -17.7. The van der Waals surface area contributed by atoms with Gasteiger partial charge in [-0.05, 0) is 37.1 Å². The number of piperidine rings is 1. The van der Waals surface area contributed by atoms with Gasteiger partial charge in [0.2, 0.25) is 10.0 Å². The maximum Gasteiger partial charge on any atom is 0.434 e. The van der Waals surface area contributed by atoms with Crippen molar-refractivity contribution in [3.05, 3.63) is 29.3 Å². The molecular formula is C15H15ClF6N2O4S. The highest BCUT2D eigenvalue weighted by Gasteiger charge is 2.60. The van der Waals surface area contributed by atoms with E-state index in [-0.39, 0.29) is 30.8 Å². The Morgan fingerprint density at radius 1 is 1.07 bits per heavy atom. The van der Waals surface area contributed by atoms with E-state index in [1.807, 2.05) is 0 Å². The second-order valence-electron chi connectivity index (χ2n) is 6.18. The number of benzene rings is 1. The zero-order valence-corrected chi connectivity index (χ0v) is 16.0. The minimum Gasteiger partial charge on any atom is -0.426 e. The summed E-state index contributed by atoms with van der Waals surface area (Å²) in [4.78, 5) is 12.3. The van der Waals surface area contributed by atoms with E-state index >= 15 is 0 Å². The van der Waals surface area contributed by atoms with Crippen molar-refractivity contribution in [1.82, 2.24) is 9.62 Å². The third kappa shape index (κ3) is 6.37. The number of rotatable bonds is 4. The molecule has 1 aliphatic rings. The summed E-state index contributed by atoms with van der Waals surface area (Å²) < 4.78 is 105. The van der Waals surface area contributed by atoms with Crippen molar-refractivity contribution in [3.63, 3.8) is 0 Å². The number of nitrogens with one attached hydrogen (secondary N) is 1. The van der Waals surface area contributed by atoms with Crippen LogP contribution in [0.1, 0.15) is 12.8 Å². The number of carbonyl (C=O) groups excluding carboxylic acids is 1. The molecule has 0 atom stereocenters. The van der Waals surface area contributed by atoms with Gasteiger partial charge in [0.05, 0.1) is 4.90 Å². The van der Waals surface area contributed by atoms with Crippen LogP contribution in [0.15, 0.2) is 29.2 Å². The van der Waals surface area contributed by atoms with E-state index in [1.54, 1.807) is 0 Å². The van der Waals surface area contributed by atoms with E-state index in [9.17, 15) is 39.6 Å². The molecule has 14 heteroatoms. The molecule has 1 heterocycles. The van der Waals surface area contributed by atoms with Crippen LogP contribution in [0.25, 0.3) is 0 Å². The number of hydrogen-bond donors (Lipinski definition) is 1. The summed E-state index contributed by atoms with van der Waals surface area (Å²) in [7, 11) is -3.91. The van der Waals surface area contributed by atoms with Crippen LogP contribution in [-0.2, 0) is 14.8 Å². The lowest BCUT2D eigenvalue weighted by atomic mass is 10.1. The van der Waals surface area contributed by atoms with E-state index in [0.717, 1.165) is 0 Å². The number of hydrogen-bond acceptors (Lipinski definition) is 4. The molecule has 1 amide bonds. The summed E-state index contributed by atoms with van der Waals surface area (Å²) in [5, 5.41) is 0.326. The number of amides is 1. The number of carbonyl (C=O) groups is 1. The lowest BCUT2D eigenvalue weighted by molar-refractivity contribution is -0.308. The molecule has 0 bridgehead atoms. The maximum absolute atomic E-state index is 12.5. The topological polar surface area (TPSA) is 75.7 Å². The fourth-order valence-electron chi connectivity index (χ4n) is 2.58. The summed E-state index contributed by atoms with van der Waals surface area (Å²) in [5.41, 5.74) is 0. The molecule has 1 saturated heterocycles. The van der Waals surface area contributed by atoms with E-state index in [0.29, 0.717) is 9.92 Å². The van der Waals surface area contributed by atoms with Crippen molar-refractivity contribution < 1.29 is 44.3 Å². The lowest BCUT2D eigenvalue weighted by Gasteiger charge is -2.33. The molecule has 1 aromatic carbocycles. The zero-order valence-electron chi connectivity index (χ0n) is 14.4. The zero-order chi connectivity index (χ0) is 22.0. The Bertz CT molecular complexity index is 807. The summed E-state index contributed by atoms with van der Waals surface area (Å²) in [6, 6.07) is 4.61. The van der Waals surface area contributed by atoms with Gasteiger partial charge in [-0.25, -0.2) is 17.9 Å². The van der Waals surface area contributed by atoms with Gasteiger partial charge < -0.3 is 9.64 Å². The molecule has 0 aliphatic carbocycles. The highest BCUT2D eigenvalue weighted by atomic mass is 35.5. The molecular weight excluding hydrogens is 454 g/mol. The molecule has 1 N–H and O–H groups in total. The summed E-state index contributed by atoms with van der Waals surface area (Å²) >= 11 is 5.69. The fraction of sp³-hybridized carbons (Fsp3) is 0.533. The molecule has 1 aromatic rings. The van der Waals surface area contributed by atoms with Crippen LogP contribution < -0.4 is 4.72 Å². The van der Waals surface area contributed by atoms with Gasteiger partial charge in [-0.3, -0.25) is 0 Å². The van der Waals surface area contributed by atoms with E-state index in [1.165, 1.54) is 24.3 Å². The van der Waals surface area contributed by atoms with Crippen molar-refractivity contribution in [2.75, 3.05) is 13.1 Å². The van der Waals surface area contributed by atoms with Gasteiger partial charge in [0, 0.05) is 24.2 Å². The van der Waals surface area contributed by atoms with Gasteiger partial charge in [0.1, 0.15) is 0 Å². The average molecular weight is 469 g/mol. The van der Waals surface area contributed by atoms with Crippen molar-refractivity contribution >= 4 is 27.7 Å². The van der Waals surface area contributed by atoms with Crippen LogP contribution in [0.4, 0.5) is 31.1 Å².